The summed E-state index contributed by atoms with van der Waals surface area (Å²) >= 11 is 2.63. The summed E-state index contributed by atoms with van der Waals surface area (Å²) in [4.78, 5) is 45.7. The highest BCUT2D eigenvalue weighted by atomic mass is 32.1. The Morgan fingerprint density at radius 1 is 1.32 bits per heavy atom. The predicted molar refractivity (Wildman–Crippen MR) is 141 cm³/mol. The number of allylic oxidation sites excluding steroid dienone is 1. The van der Waals surface area contributed by atoms with Gasteiger partial charge in [-0.1, -0.05) is 17.4 Å². The van der Waals surface area contributed by atoms with Crippen LogP contribution >= 0.6 is 22.7 Å². The minimum Gasteiger partial charge on any atom is -0.463 e. The van der Waals surface area contributed by atoms with Gasteiger partial charge in [0.2, 0.25) is 0 Å². The van der Waals surface area contributed by atoms with Crippen LogP contribution in [0, 0.1) is 10.1 Å². The first-order chi connectivity index (χ1) is 17.9. The number of thiazole rings is 1. The van der Waals surface area contributed by atoms with Gasteiger partial charge in [0.25, 0.3) is 11.2 Å². The summed E-state index contributed by atoms with van der Waals surface area (Å²) in [6, 6.07) is 7.74. The zero-order chi connectivity index (χ0) is 26.1. The average Bonchev–Trinajstić information content (AvgIpc) is 3.52. The molecule has 0 bridgehead atoms. The standard InChI is InChI=1S/C25H24N4O6S2/c1-3-35-24(31)21-15(2)26-25-28(22(21)19-5-4-12-36-19)23(30)20(37-25)14-16-13-17(29(32)33)6-7-18(16)27-8-10-34-11-9-27/h4-7,12-14,22H,3,8-11H2,1-2H3/b20-14-/t22-/m0/s1. The number of nitro benzene ring substituents is 1. The number of rotatable bonds is 6. The summed E-state index contributed by atoms with van der Waals surface area (Å²) in [5.74, 6) is -0.510. The lowest BCUT2D eigenvalue weighted by atomic mass is 10.0. The molecule has 10 nitrogen and oxygen atoms in total. The highest BCUT2D eigenvalue weighted by Gasteiger charge is 2.34. The number of carbonyl (C=O) groups is 1. The number of aromatic nitrogens is 1. The monoisotopic (exact) mass is 540 g/mol. The van der Waals surface area contributed by atoms with E-state index in [1.165, 1.54) is 39.4 Å². The number of fused-ring (bicyclic) bond motifs is 1. The molecule has 0 radical (unpaired) electrons. The zero-order valence-corrected chi connectivity index (χ0v) is 21.8. The van der Waals surface area contributed by atoms with Gasteiger partial charge >= 0.3 is 5.97 Å². The van der Waals surface area contributed by atoms with Crippen LogP contribution in [-0.4, -0.2) is 48.4 Å². The van der Waals surface area contributed by atoms with E-state index in [0.717, 1.165) is 10.6 Å². The number of carbonyl (C=O) groups excluding carboxylic acids is 1. The fourth-order valence-corrected chi connectivity index (χ4v) is 6.37. The van der Waals surface area contributed by atoms with Crippen LogP contribution in [0.15, 0.2) is 56.8 Å². The van der Waals surface area contributed by atoms with E-state index in [2.05, 4.69) is 9.89 Å². The van der Waals surface area contributed by atoms with Crippen molar-refractivity contribution in [3.05, 3.63) is 87.2 Å². The molecule has 0 unspecified atom stereocenters. The summed E-state index contributed by atoms with van der Waals surface area (Å²) in [6.45, 7) is 6.05. The molecule has 2 aromatic heterocycles. The van der Waals surface area contributed by atoms with Crippen molar-refractivity contribution in [2.45, 2.75) is 19.9 Å². The third-order valence-corrected chi connectivity index (χ3v) is 8.10. The minimum atomic E-state index is -0.665. The molecule has 0 amide bonds. The number of benzene rings is 1. The highest BCUT2D eigenvalue weighted by Crippen LogP contribution is 2.33. The second kappa shape index (κ2) is 10.4. The molecular formula is C25H24N4O6S2. The van der Waals surface area contributed by atoms with Crippen molar-refractivity contribution in [1.82, 2.24) is 4.57 Å². The molecule has 5 rings (SSSR count). The number of thiophene rings is 1. The number of nitro groups is 1. The van der Waals surface area contributed by atoms with E-state index < -0.39 is 16.9 Å². The smallest absolute Gasteiger partial charge is 0.338 e. The molecule has 1 aromatic carbocycles. The maximum Gasteiger partial charge on any atom is 0.338 e. The van der Waals surface area contributed by atoms with Crippen LogP contribution in [0.3, 0.4) is 0 Å². The number of non-ortho nitro benzene ring substituents is 1. The first-order valence-corrected chi connectivity index (χ1v) is 13.4. The van der Waals surface area contributed by atoms with E-state index in [4.69, 9.17) is 9.47 Å². The average molecular weight is 541 g/mol. The van der Waals surface area contributed by atoms with Gasteiger partial charge in [-0.2, -0.15) is 0 Å². The Kier molecular flexibility index (Phi) is 7.04. The molecule has 0 saturated carbocycles. The summed E-state index contributed by atoms with van der Waals surface area (Å²) in [5, 5.41) is 13.4. The van der Waals surface area contributed by atoms with Crippen molar-refractivity contribution < 1.29 is 19.2 Å². The normalized spacial score (nSPS) is 17.9. The first kappa shape index (κ1) is 25.1. The molecule has 0 aliphatic carbocycles. The Labute approximate surface area is 219 Å². The Morgan fingerprint density at radius 3 is 2.78 bits per heavy atom. The molecule has 1 atom stereocenters. The second-order valence-electron chi connectivity index (χ2n) is 8.42. The third kappa shape index (κ3) is 4.75. The SMILES string of the molecule is CCOC(=O)C1=C(C)N=c2s/c(=C\c3cc([N+](=O)[O-])ccc3N3CCOCC3)c(=O)n2[C@H]1c1cccs1. The number of esters is 1. The lowest BCUT2D eigenvalue weighted by molar-refractivity contribution is -0.384. The van der Waals surface area contributed by atoms with Crippen LogP contribution < -0.4 is 19.8 Å². The van der Waals surface area contributed by atoms with Crippen molar-refractivity contribution in [2.24, 2.45) is 4.99 Å². The van der Waals surface area contributed by atoms with E-state index in [1.54, 1.807) is 26.0 Å². The lowest BCUT2D eigenvalue weighted by Gasteiger charge is -2.30. The van der Waals surface area contributed by atoms with E-state index >= 15 is 0 Å². The Hall–Kier alpha value is -3.61. The minimum absolute atomic E-state index is 0.0621. The molecule has 0 N–H and O–H groups in total. The van der Waals surface area contributed by atoms with Crippen LogP contribution in [0.4, 0.5) is 11.4 Å². The largest absolute Gasteiger partial charge is 0.463 e. The van der Waals surface area contributed by atoms with Gasteiger partial charge in [0.15, 0.2) is 4.80 Å². The number of anilines is 1. The molecule has 1 saturated heterocycles. The van der Waals surface area contributed by atoms with E-state index in [0.29, 0.717) is 52.5 Å². The van der Waals surface area contributed by atoms with Gasteiger partial charge in [0, 0.05) is 41.4 Å². The van der Waals surface area contributed by atoms with Crippen LogP contribution in [0.1, 0.15) is 30.3 Å². The molecule has 37 heavy (non-hydrogen) atoms. The van der Waals surface area contributed by atoms with Crippen molar-refractivity contribution >= 4 is 46.1 Å². The fraction of sp³-hybridized carbons (Fsp3) is 0.320. The summed E-state index contributed by atoms with van der Waals surface area (Å²) in [7, 11) is 0. The topological polar surface area (TPSA) is 116 Å². The molecule has 3 aromatic rings. The first-order valence-electron chi connectivity index (χ1n) is 11.7. The van der Waals surface area contributed by atoms with Crippen LogP contribution in [0.25, 0.3) is 6.08 Å². The van der Waals surface area contributed by atoms with E-state index in [-0.39, 0.29) is 17.9 Å². The lowest BCUT2D eigenvalue weighted by Crippen LogP contribution is -2.39. The quantitative estimate of drug-likeness (QED) is 0.268. The van der Waals surface area contributed by atoms with Gasteiger partial charge in [-0.05, 0) is 37.4 Å². The van der Waals surface area contributed by atoms with Gasteiger partial charge in [-0.15, -0.1) is 11.3 Å². The summed E-state index contributed by atoms with van der Waals surface area (Å²) < 4.78 is 12.6. The molecule has 2 aliphatic rings. The van der Waals surface area contributed by atoms with Crippen molar-refractivity contribution in [3.63, 3.8) is 0 Å². The maximum absolute atomic E-state index is 13.8. The number of morpholine rings is 1. The van der Waals surface area contributed by atoms with Crippen molar-refractivity contribution in [1.29, 1.82) is 0 Å². The summed E-state index contributed by atoms with van der Waals surface area (Å²) in [5.41, 5.74) is 1.79. The van der Waals surface area contributed by atoms with E-state index in [9.17, 15) is 19.7 Å². The zero-order valence-electron chi connectivity index (χ0n) is 20.2. The molecule has 2 aliphatic heterocycles. The van der Waals surface area contributed by atoms with Crippen LogP contribution in [-0.2, 0) is 14.3 Å². The highest BCUT2D eigenvalue weighted by molar-refractivity contribution is 7.10. The van der Waals surface area contributed by atoms with Gasteiger partial charge in [0.1, 0.15) is 6.04 Å². The predicted octanol–water partition coefficient (Wildman–Crippen LogP) is 2.60. The van der Waals surface area contributed by atoms with Crippen molar-refractivity contribution in [3.8, 4) is 0 Å². The second-order valence-corrected chi connectivity index (χ2v) is 10.4. The molecule has 4 heterocycles. The Balaban J connectivity index is 1.70. The van der Waals surface area contributed by atoms with Crippen LogP contribution in [0.5, 0.6) is 0 Å². The number of nitrogens with zero attached hydrogens (tertiary/aromatic N) is 4. The fourth-order valence-electron chi connectivity index (χ4n) is 4.51. The summed E-state index contributed by atoms with van der Waals surface area (Å²) in [6.07, 6.45) is 1.68. The van der Waals surface area contributed by atoms with Gasteiger partial charge in [-0.25, -0.2) is 9.79 Å². The molecule has 192 valence electrons. The molecule has 12 heteroatoms. The number of hydrogen-bond donors (Lipinski definition) is 0. The maximum atomic E-state index is 13.8. The Morgan fingerprint density at radius 2 is 2.11 bits per heavy atom. The molecule has 0 spiro atoms. The third-order valence-electron chi connectivity index (χ3n) is 6.19. The van der Waals surface area contributed by atoms with Crippen LogP contribution in [0.2, 0.25) is 0 Å². The van der Waals surface area contributed by atoms with Gasteiger partial charge in [0.05, 0.1) is 40.5 Å². The molecular weight excluding hydrogens is 516 g/mol. The van der Waals surface area contributed by atoms with E-state index in [1.807, 2.05) is 17.5 Å². The van der Waals surface area contributed by atoms with Gasteiger partial charge in [-0.3, -0.25) is 19.5 Å². The Bertz CT molecular complexity index is 1570. The van der Waals surface area contributed by atoms with Gasteiger partial charge < -0.3 is 14.4 Å². The molecule has 1 fully saturated rings. The van der Waals surface area contributed by atoms with Crippen molar-refractivity contribution in [2.75, 3.05) is 37.8 Å². The number of ether oxygens (including phenoxy) is 2. The number of hydrogen-bond acceptors (Lipinski definition) is 10.